The molecule has 12 nitrogen and oxygen atoms in total. The van der Waals surface area contributed by atoms with Crippen LogP contribution >= 0.6 is 0 Å². The van der Waals surface area contributed by atoms with Gasteiger partial charge < -0.3 is 35.4 Å². The second-order valence-corrected chi connectivity index (χ2v) is 5.59. The number of hydrogen-bond acceptors (Lipinski definition) is 8. The Hall–Kier alpha value is -2.76. The van der Waals surface area contributed by atoms with Gasteiger partial charge in [-0.1, -0.05) is 0 Å². The van der Waals surface area contributed by atoms with Crippen molar-refractivity contribution in [1.82, 2.24) is 15.1 Å². The molecule has 0 aromatic carbocycles. The van der Waals surface area contributed by atoms with E-state index < -0.39 is 45.8 Å². The zero-order valence-electron chi connectivity index (χ0n) is 12.8. The molecule has 1 amide bonds. The Bertz CT molecular complexity index is 606. The van der Waals surface area contributed by atoms with Crippen molar-refractivity contribution in [2.75, 3.05) is 6.54 Å². The summed E-state index contributed by atoms with van der Waals surface area (Å²) in [6.07, 6.45) is -2.02. The van der Waals surface area contributed by atoms with Gasteiger partial charge in [0.1, 0.15) is 22.9 Å². The van der Waals surface area contributed by atoms with Gasteiger partial charge in [-0.05, 0) is 35.3 Å². The number of nitro groups is 2. The van der Waals surface area contributed by atoms with Crippen molar-refractivity contribution in [2.45, 2.75) is 39.0 Å². The van der Waals surface area contributed by atoms with Gasteiger partial charge in [-0.15, -0.1) is 0 Å². The van der Waals surface area contributed by atoms with Crippen LogP contribution in [0.3, 0.4) is 0 Å². The highest BCUT2D eigenvalue weighted by atomic mass is 16.6. The van der Waals surface area contributed by atoms with E-state index in [1.54, 1.807) is 20.8 Å². The van der Waals surface area contributed by atoms with Gasteiger partial charge in [-0.3, -0.25) is 0 Å². The van der Waals surface area contributed by atoms with Gasteiger partial charge in [0.05, 0.1) is 6.54 Å². The maximum atomic E-state index is 11.4. The van der Waals surface area contributed by atoms with Crippen LogP contribution in [0.4, 0.5) is 16.4 Å². The summed E-state index contributed by atoms with van der Waals surface area (Å²) in [6, 6.07) is 0.689. The van der Waals surface area contributed by atoms with E-state index >= 15 is 0 Å². The average molecular weight is 331 g/mol. The number of hydrogen-bond donors (Lipinski definition) is 2. The molecule has 12 heteroatoms. The first-order valence-corrected chi connectivity index (χ1v) is 6.51. The molecule has 0 fully saturated rings. The number of amides is 1. The van der Waals surface area contributed by atoms with Gasteiger partial charge in [0.2, 0.25) is 0 Å². The van der Waals surface area contributed by atoms with E-state index in [-0.39, 0.29) is 6.54 Å². The summed E-state index contributed by atoms with van der Waals surface area (Å²) in [6.45, 7) is 4.32. The summed E-state index contributed by atoms with van der Waals surface area (Å²) in [4.78, 5) is 31.1. The number of carbonyl (C=O) groups is 1. The van der Waals surface area contributed by atoms with Crippen LogP contribution in [0.1, 0.15) is 20.8 Å². The molecule has 0 saturated carbocycles. The standard InChI is InChI=1S/C11H17N5O7/c1-11(2,3)23-10(18)12-5-7(17)6-14-9(16(21)22)4-8(13-14)15(19)20/h4,7,17H,5-6H2,1-3H3,(H,12,18). The van der Waals surface area contributed by atoms with Crippen molar-refractivity contribution in [1.29, 1.82) is 0 Å². The van der Waals surface area contributed by atoms with Crippen molar-refractivity contribution >= 4 is 17.7 Å². The number of nitrogens with zero attached hydrogens (tertiary/aromatic N) is 4. The van der Waals surface area contributed by atoms with Crippen molar-refractivity contribution in [2.24, 2.45) is 0 Å². The fourth-order valence-electron chi connectivity index (χ4n) is 1.54. The lowest BCUT2D eigenvalue weighted by atomic mass is 10.2. The minimum Gasteiger partial charge on any atom is -0.444 e. The van der Waals surface area contributed by atoms with E-state index in [0.717, 1.165) is 0 Å². The van der Waals surface area contributed by atoms with Crippen LogP contribution in [0.15, 0.2) is 6.07 Å². The molecule has 1 atom stereocenters. The summed E-state index contributed by atoms with van der Waals surface area (Å²) in [5.74, 6) is -1.34. The SMILES string of the molecule is CC(C)(C)OC(=O)NCC(O)Cn1nc([N+](=O)[O-])cc1[N+](=O)[O-]. The van der Waals surface area contributed by atoms with Crippen LogP contribution in [0.5, 0.6) is 0 Å². The summed E-state index contributed by atoms with van der Waals surface area (Å²) >= 11 is 0. The van der Waals surface area contributed by atoms with Crippen molar-refractivity contribution in [3.8, 4) is 0 Å². The van der Waals surface area contributed by atoms with Gasteiger partial charge in [-0.25, -0.2) is 4.79 Å². The molecular formula is C11H17N5O7. The van der Waals surface area contributed by atoms with Gasteiger partial charge in [0.25, 0.3) is 0 Å². The molecule has 0 aliphatic heterocycles. The Labute approximate surface area is 130 Å². The number of ether oxygens (including phenoxy) is 1. The highest BCUT2D eigenvalue weighted by Crippen LogP contribution is 2.19. The van der Waals surface area contributed by atoms with E-state index in [9.17, 15) is 30.1 Å². The molecule has 0 aliphatic carbocycles. The van der Waals surface area contributed by atoms with Crippen LogP contribution in [0, 0.1) is 20.2 Å². The van der Waals surface area contributed by atoms with Crippen molar-refractivity contribution in [3.05, 3.63) is 26.3 Å². The van der Waals surface area contributed by atoms with Crippen molar-refractivity contribution in [3.63, 3.8) is 0 Å². The fourth-order valence-corrected chi connectivity index (χ4v) is 1.54. The Balaban J connectivity index is 2.67. The molecule has 1 aromatic heterocycles. The number of rotatable bonds is 6. The highest BCUT2D eigenvalue weighted by Gasteiger charge is 2.29. The maximum absolute atomic E-state index is 11.4. The monoisotopic (exact) mass is 331 g/mol. The summed E-state index contributed by atoms with van der Waals surface area (Å²) < 4.78 is 5.65. The lowest BCUT2D eigenvalue weighted by Crippen LogP contribution is -2.38. The highest BCUT2D eigenvalue weighted by molar-refractivity contribution is 5.67. The van der Waals surface area contributed by atoms with Gasteiger partial charge in [0, 0.05) is 0 Å². The predicted molar refractivity (Wildman–Crippen MR) is 75.8 cm³/mol. The molecule has 23 heavy (non-hydrogen) atoms. The Kier molecular flexibility index (Phi) is 5.57. The van der Waals surface area contributed by atoms with Crippen LogP contribution < -0.4 is 5.32 Å². The lowest BCUT2D eigenvalue weighted by Gasteiger charge is -2.20. The minimum absolute atomic E-state index is 0.264. The quantitative estimate of drug-likeness (QED) is 0.564. The fraction of sp³-hybridized carbons (Fsp3) is 0.636. The van der Waals surface area contributed by atoms with Crippen LogP contribution in [-0.4, -0.2) is 49.1 Å². The second kappa shape index (κ2) is 7.00. The summed E-state index contributed by atoms with van der Waals surface area (Å²) in [5.41, 5.74) is -0.712. The zero-order valence-corrected chi connectivity index (χ0v) is 12.8. The number of aromatic nitrogens is 2. The van der Waals surface area contributed by atoms with Gasteiger partial charge >= 0.3 is 17.7 Å². The Morgan fingerprint density at radius 3 is 2.52 bits per heavy atom. The van der Waals surface area contributed by atoms with E-state index in [0.29, 0.717) is 10.7 Å². The molecular weight excluding hydrogens is 314 g/mol. The molecule has 0 aliphatic rings. The third-order valence-electron chi connectivity index (χ3n) is 2.38. The number of aliphatic hydroxyl groups excluding tert-OH is 1. The van der Waals surface area contributed by atoms with E-state index in [4.69, 9.17) is 4.74 Å². The molecule has 2 N–H and O–H groups in total. The molecule has 0 bridgehead atoms. The maximum Gasteiger partial charge on any atom is 0.420 e. The largest absolute Gasteiger partial charge is 0.444 e. The third-order valence-corrected chi connectivity index (χ3v) is 2.38. The molecule has 0 radical (unpaired) electrons. The van der Waals surface area contributed by atoms with Crippen LogP contribution in [-0.2, 0) is 11.3 Å². The zero-order chi connectivity index (χ0) is 17.8. The molecule has 1 aromatic rings. The molecule has 1 heterocycles. The normalized spacial score (nSPS) is 12.5. The summed E-state index contributed by atoms with van der Waals surface area (Å²) in [7, 11) is 0. The number of carbonyl (C=O) groups excluding carboxylic acids is 1. The van der Waals surface area contributed by atoms with E-state index in [1.807, 2.05) is 0 Å². The smallest absolute Gasteiger partial charge is 0.420 e. The first-order chi connectivity index (χ1) is 10.5. The number of nitrogens with one attached hydrogen (secondary N) is 1. The van der Waals surface area contributed by atoms with E-state index in [1.165, 1.54) is 0 Å². The van der Waals surface area contributed by atoms with Gasteiger partial charge in [-0.2, -0.15) is 0 Å². The number of aliphatic hydroxyl groups is 1. The molecule has 128 valence electrons. The molecule has 0 spiro atoms. The second-order valence-electron chi connectivity index (χ2n) is 5.59. The van der Waals surface area contributed by atoms with Crippen LogP contribution in [0.2, 0.25) is 0 Å². The molecule has 0 saturated heterocycles. The molecule has 1 unspecified atom stereocenters. The summed E-state index contributed by atoms with van der Waals surface area (Å²) in [5, 5.41) is 36.9. The predicted octanol–water partition coefficient (Wildman–Crippen LogP) is 0.585. The van der Waals surface area contributed by atoms with Crippen LogP contribution in [0.25, 0.3) is 0 Å². The minimum atomic E-state index is -1.25. The lowest BCUT2D eigenvalue weighted by molar-refractivity contribution is -0.395. The molecule has 1 rings (SSSR count). The Morgan fingerprint density at radius 2 is 2.04 bits per heavy atom. The van der Waals surface area contributed by atoms with Gasteiger partial charge in [0.15, 0.2) is 6.54 Å². The topological polar surface area (TPSA) is 163 Å². The average Bonchev–Trinajstić information content (AvgIpc) is 2.78. The first kappa shape index (κ1) is 18.3. The first-order valence-electron chi connectivity index (χ1n) is 6.51. The van der Waals surface area contributed by atoms with E-state index in [2.05, 4.69) is 10.4 Å². The third kappa shape index (κ3) is 5.86. The van der Waals surface area contributed by atoms with Crippen molar-refractivity contribution < 1.29 is 24.5 Å². The Morgan fingerprint density at radius 1 is 1.43 bits per heavy atom. The number of alkyl carbamates (subject to hydrolysis) is 1.